The van der Waals surface area contributed by atoms with Crippen molar-refractivity contribution in [1.82, 2.24) is 19.8 Å². The summed E-state index contributed by atoms with van der Waals surface area (Å²) >= 11 is 1.63. The molecule has 0 radical (unpaired) electrons. The first kappa shape index (κ1) is 15.6. The van der Waals surface area contributed by atoms with E-state index in [1.54, 1.807) is 23.0 Å². The van der Waals surface area contributed by atoms with Crippen molar-refractivity contribution in [2.75, 3.05) is 19.1 Å². The van der Waals surface area contributed by atoms with Crippen molar-refractivity contribution in [2.24, 2.45) is 0 Å². The van der Waals surface area contributed by atoms with Crippen LogP contribution in [0.2, 0.25) is 0 Å². The zero-order valence-corrected chi connectivity index (χ0v) is 14.8. The molecular weight excluding hydrogens is 334 g/mol. The Hall–Kier alpha value is -2.93. The molecule has 0 aliphatic carbocycles. The van der Waals surface area contributed by atoms with Crippen molar-refractivity contribution >= 4 is 22.8 Å². The van der Waals surface area contributed by atoms with Gasteiger partial charge in [0.1, 0.15) is 11.6 Å². The van der Waals surface area contributed by atoms with Crippen LogP contribution in [0, 0.1) is 0 Å². The summed E-state index contributed by atoms with van der Waals surface area (Å²) in [5.41, 5.74) is 2.86. The van der Waals surface area contributed by atoms with Gasteiger partial charge in [-0.2, -0.15) is 15.9 Å². The van der Waals surface area contributed by atoms with E-state index >= 15 is 0 Å². The minimum atomic E-state index is 0.693. The van der Waals surface area contributed by atoms with Gasteiger partial charge < -0.3 is 9.64 Å². The standard InChI is InChI=1S/C18H17N5OS/c1-22(11-13-5-3-4-6-15(13)24-2)17-8-7-16-19-20-18(23(16)21-17)14-9-10-25-12-14/h3-10,12H,11H2,1-2H3. The van der Waals surface area contributed by atoms with Crippen molar-refractivity contribution < 1.29 is 4.74 Å². The number of benzene rings is 1. The van der Waals surface area contributed by atoms with Crippen LogP contribution in [-0.2, 0) is 6.54 Å². The van der Waals surface area contributed by atoms with Gasteiger partial charge in [-0.15, -0.1) is 15.3 Å². The number of hydrogen-bond donors (Lipinski definition) is 0. The molecular formula is C18H17N5OS. The smallest absolute Gasteiger partial charge is 0.186 e. The molecule has 0 aliphatic heterocycles. The summed E-state index contributed by atoms with van der Waals surface area (Å²) in [7, 11) is 3.70. The van der Waals surface area contributed by atoms with Gasteiger partial charge in [0.25, 0.3) is 0 Å². The molecule has 0 atom stereocenters. The summed E-state index contributed by atoms with van der Waals surface area (Å²) in [6, 6.07) is 13.9. The number of nitrogens with zero attached hydrogens (tertiary/aromatic N) is 5. The summed E-state index contributed by atoms with van der Waals surface area (Å²) in [5.74, 6) is 2.47. The zero-order chi connectivity index (χ0) is 17.2. The number of thiophene rings is 1. The topological polar surface area (TPSA) is 55.5 Å². The van der Waals surface area contributed by atoms with Crippen molar-refractivity contribution in [3.05, 3.63) is 58.8 Å². The third-order valence-electron chi connectivity index (χ3n) is 4.02. The normalized spacial score (nSPS) is 11.0. The van der Waals surface area contributed by atoms with Crippen LogP contribution in [0.3, 0.4) is 0 Å². The molecule has 25 heavy (non-hydrogen) atoms. The molecule has 4 rings (SSSR count). The first-order valence-corrected chi connectivity index (χ1v) is 8.78. The largest absolute Gasteiger partial charge is 0.496 e. The van der Waals surface area contributed by atoms with Crippen LogP contribution in [0.1, 0.15) is 5.56 Å². The Morgan fingerprint density at radius 1 is 1.12 bits per heavy atom. The summed E-state index contributed by atoms with van der Waals surface area (Å²) < 4.78 is 7.22. The maximum atomic E-state index is 5.44. The molecule has 4 aromatic rings. The zero-order valence-electron chi connectivity index (χ0n) is 14.0. The second kappa shape index (κ2) is 6.52. The first-order valence-electron chi connectivity index (χ1n) is 7.84. The molecule has 0 amide bonds. The number of fused-ring (bicyclic) bond motifs is 1. The van der Waals surface area contributed by atoms with Crippen LogP contribution in [0.25, 0.3) is 17.0 Å². The fourth-order valence-electron chi connectivity index (χ4n) is 2.72. The summed E-state index contributed by atoms with van der Waals surface area (Å²) in [6.45, 7) is 0.693. The monoisotopic (exact) mass is 351 g/mol. The maximum absolute atomic E-state index is 5.44. The number of rotatable bonds is 5. The lowest BCUT2D eigenvalue weighted by Crippen LogP contribution is -2.19. The predicted molar refractivity (Wildman–Crippen MR) is 99.2 cm³/mol. The first-order chi connectivity index (χ1) is 12.3. The molecule has 3 aromatic heterocycles. The summed E-state index contributed by atoms with van der Waals surface area (Å²) in [5, 5.41) is 17.3. The average Bonchev–Trinajstić information content (AvgIpc) is 3.30. The van der Waals surface area contributed by atoms with Crippen molar-refractivity contribution in [3.63, 3.8) is 0 Å². The molecule has 7 heteroatoms. The van der Waals surface area contributed by atoms with E-state index in [-0.39, 0.29) is 0 Å². The van der Waals surface area contributed by atoms with Crippen LogP contribution in [0.4, 0.5) is 5.82 Å². The number of methoxy groups -OCH3 is 1. The van der Waals surface area contributed by atoms with Gasteiger partial charge in [-0.05, 0) is 29.6 Å². The predicted octanol–water partition coefficient (Wildman–Crippen LogP) is 3.50. The van der Waals surface area contributed by atoms with E-state index in [1.165, 1.54) is 0 Å². The Bertz CT molecular complexity index is 996. The summed E-state index contributed by atoms with van der Waals surface area (Å²) in [6.07, 6.45) is 0. The van der Waals surface area contributed by atoms with Crippen LogP contribution in [0.15, 0.2) is 53.2 Å². The van der Waals surface area contributed by atoms with Crippen LogP contribution in [-0.4, -0.2) is 34.0 Å². The van der Waals surface area contributed by atoms with Gasteiger partial charge in [0.2, 0.25) is 0 Å². The molecule has 0 spiro atoms. The van der Waals surface area contributed by atoms with Crippen LogP contribution in [0.5, 0.6) is 5.75 Å². The van der Waals surface area contributed by atoms with E-state index in [9.17, 15) is 0 Å². The Kier molecular flexibility index (Phi) is 4.07. The number of aromatic nitrogens is 4. The molecule has 0 bridgehead atoms. The molecule has 0 fully saturated rings. The highest BCUT2D eigenvalue weighted by Crippen LogP contribution is 2.23. The molecule has 0 N–H and O–H groups in total. The molecule has 1 aromatic carbocycles. The van der Waals surface area contributed by atoms with Gasteiger partial charge in [0.05, 0.1) is 7.11 Å². The molecule has 0 aliphatic rings. The van der Waals surface area contributed by atoms with Gasteiger partial charge in [-0.25, -0.2) is 0 Å². The van der Waals surface area contributed by atoms with E-state index in [1.807, 2.05) is 54.2 Å². The van der Waals surface area contributed by atoms with Gasteiger partial charge in [-0.1, -0.05) is 18.2 Å². The number of para-hydroxylation sites is 1. The molecule has 126 valence electrons. The highest BCUT2D eigenvalue weighted by molar-refractivity contribution is 7.08. The van der Waals surface area contributed by atoms with Crippen molar-refractivity contribution in [1.29, 1.82) is 0 Å². The van der Waals surface area contributed by atoms with Crippen molar-refractivity contribution in [2.45, 2.75) is 6.54 Å². The number of anilines is 1. The van der Waals surface area contributed by atoms with Gasteiger partial charge in [0.15, 0.2) is 11.5 Å². The highest BCUT2D eigenvalue weighted by atomic mass is 32.1. The number of hydrogen-bond acceptors (Lipinski definition) is 6. The molecule has 0 saturated carbocycles. The Morgan fingerprint density at radius 3 is 2.80 bits per heavy atom. The maximum Gasteiger partial charge on any atom is 0.186 e. The third kappa shape index (κ3) is 2.94. The van der Waals surface area contributed by atoms with Gasteiger partial charge >= 0.3 is 0 Å². The molecule has 0 unspecified atom stereocenters. The third-order valence-corrected chi connectivity index (χ3v) is 4.70. The van der Waals surface area contributed by atoms with E-state index in [0.29, 0.717) is 6.54 Å². The minimum absolute atomic E-state index is 0.693. The Labute approximate surface area is 149 Å². The number of ether oxygens (including phenoxy) is 1. The fraction of sp³-hybridized carbons (Fsp3) is 0.167. The molecule has 6 nitrogen and oxygen atoms in total. The van der Waals surface area contributed by atoms with Gasteiger partial charge in [-0.3, -0.25) is 0 Å². The second-order valence-electron chi connectivity index (χ2n) is 5.67. The lowest BCUT2D eigenvalue weighted by atomic mass is 10.2. The molecule has 3 heterocycles. The Morgan fingerprint density at radius 2 is 2.00 bits per heavy atom. The van der Waals surface area contributed by atoms with Gasteiger partial charge in [0, 0.05) is 30.1 Å². The van der Waals surface area contributed by atoms with Crippen LogP contribution < -0.4 is 9.64 Å². The highest BCUT2D eigenvalue weighted by Gasteiger charge is 2.13. The fourth-order valence-corrected chi connectivity index (χ4v) is 3.36. The second-order valence-corrected chi connectivity index (χ2v) is 6.45. The van der Waals surface area contributed by atoms with E-state index in [4.69, 9.17) is 9.84 Å². The minimum Gasteiger partial charge on any atom is -0.496 e. The lowest BCUT2D eigenvalue weighted by Gasteiger charge is -2.19. The summed E-state index contributed by atoms with van der Waals surface area (Å²) in [4.78, 5) is 2.08. The van der Waals surface area contributed by atoms with Crippen molar-refractivity contribution in [3.8, 4) is 17.1 Å². The van der Waals surface area contributed by atoms with E-state index in [0.717, 1.165) is 34.2 Å². The molecule has 0 saturated heterocycles. The van der Waals surface area contributed by atoms with Crippen LogP contribution >= 0.6 is 11.3 Å². The Balaban J connectivity index is 1.68. The van der Waals surface area contributed by atoms with E-state index in [2.05, 4.69) is 21.2 Å². The van der Waals surface area contributed by atoms with E-state index < -0.39 is 0 Å². The quantitative estimate of drug-likeness (QED) is 0.551. The lowest BCUT2D eigenvalue weighted by molar-refractivity contribution is 0.409. The average molecular weight is 351 g/mol. The SMILES string of the molecule is COc1ccccc1CN(C)c1ccc2nnc(-c3ccsc3)n2n1.